The van der Waals surface area contributed by atoms with Gasteiger partial charge in [-0.1, -0.05) is 6.07 Å². The number of methoxy groups -OCH3 is 1. The first-order valence-corrected chi connectivity index (χ1v) is 13.8. The number of hydrogen-bond acceptors (Lipinski definition) is 8. The molecule has 0 radical (unpaired) electrons. The summed E-state index contributed by atoms with van der Waals surface area (Å²) in [6.07, 6.45) is -0.551. The summed E-state index contributed by atoms with van der Waals surface area (Å²) in [4.78, 5) is 32.7. The van der Waals surface area contributed by atoms with Crippen LogP contribution in [0.25, 0.3) is 22.3 Å². The van der Waals surface area contributed by atoms with Crippen LogP contribution in [-0.2, 0) is 9.59 Å². The maximum Gasteiger partial charge on any atom is 0.490 e. The van der Waals surface area contributed by atoms with Gasteiger partial charge in [-0.05, 0) is 38.0 Å². The predicted octanol–water partition coefficient (Wildman–Crippen LogP) is 3.39. The second-order valence-corrected chi connectivity index (χ2v) is 10.6. The van der Waals surface area contributed by atoms with Gasteiger partial charge in [-0.25, -0.2) is 14.8 Å². The second-order valence-electron chi connectivity index (χ2n) is 10.6. The molecule has 1 aliphatic carbocycles. The first-order chi connectivity index (χ1) is 20.0. The molecule has 226 valence electrons. The van der Waals surface area contributed by atoms with Crippen LogP contribution in [0, 0.1) is 5.92 Å². The maximum absolute atomic E-state index is 11.8. The number of anilines is 1. The molecule has 3 aliphatic rings. The van der Waals surface area contributed by atoms with Gasteiger partial charge in [-0.3, -0.25) is 4.79 Å². The summed E-state index contributed by atoms with van der Waals surface area (Å²) >= 11 is 0. The molecular weight excluding hydrogens is 557 g/mol. The van der Waals surface area contributed by atoms with Crippen molar-refractivity contribution in [2.45, 2.75) is 44.5 Å². The van der Waals surface area contributed by atoms with E-state index in [4.69, 9.17) is 29.3 Å². The highest BCUT2D eigenvalue weighted by Crippen LogP contribution is 2.41. The molecule has 2 atom stereocenters. The number of carboxylic acids is 1. The third-order valence-electron chi connectivity index (χ3n) is 7.61. The number of aliphatic carboxylic acids is 1. The van der Waals surface area contributed by atoms with Crippen molar-refractivity contribution >= 4 is 28.6 Å². The van der Waals surface area contributed by atoms with Crippen LogP contribution in [0.5, 0.6) is 11.6 Å². The molecule has 0 spiro atoms. The predicted molar refractivity (Wildman–Crippen MR) is 148 cm³/mol. The Balaban J connectivity index is 0.000000451. The number of alkyl halides is 3. The maximum atomic E-state index is 11.8. The lowest BCUT2D eigenvalue weighted by Gasteiger charge is -2.30. The molecule has 1 aromatic carbocycles. The average molecular weight is 591 g/mol. The normalized spacial score (nSPS) is 19.6. The molecule has 1 amide bonds. The zero-order chi connectivity index (χ0) is 30.0. The van der Waals surface area contributed by atoms with E-state index in [1.807, 2.05) is 19.3 Å². The first-order valence-electron chi connectivity index (χ1n) is 13.8. The number of carbonyl (C=O) groups excluding carboxylic acids is 1. The molecule has 11 nitrogen and oxygen atoms in total. The minimum atomic E-state index is -5.08. The van der Waals surface area contributed by atoms with E-state index in [1.165, 1.54) is 0 Å². The van der Waals surface area contributed by atoms with Crippen LogP contribution >= 0.6 is 0 Å². The molecule has 2 aromatic heterocycles. The SMILES string of the molecule is COc1cc(-c2cc3ncn(C4CC4)c3c(O[C@H](C)[C@H]3CNC(=O)C3)n2)ccc1N1CCNCC1.O=C(O)C(F)(F)F. The average Bonchev–Trinajstić information content (AvgIpc) is 3.57. The van der Waals surface area contributed by atoms with Crippen molar-refractivity contribution < 1.29 is 37.3 Å². The van der Waals surface area contributed by atoms with Crippen molar-refractivity contribution in [2.75, 3.05) is 44.7 Å². The summed E-state index contributed by atoms with van der Waals surface area (Å²) in [5.74, 6) is -1.14. The number of imidazole rings is 1. The number of aromatic nitrogens is 3. The third-order valence-corrected chi connectivity index (χ3v) is 7.61. The molecule has 3 N–H and O–H groups in total. The number of rotatable bonds is 7. The number of carbonyl (C=O) groups is 2. The van der Waals surface area contributed by atoms with Gasteiger partial charge in [-0.15, -0.1) is 0 Å². The molecule has 0 bridgehead atoms. The van der Waals surface area contributed by atoms with E-state index in [1.54, 1.807) is 7.11 Å². The molecule has 3 aromatic rings. The lowest BCUT2D eigenvalue weighted by Crippen LogP contribution is -2.43. The number of halogens is 3. The van der Waals surface area contributed by atoms with E-state index in [0.717, 1.165) is 72.7 Å². The molecule has 6 rings (SSSR count). The van der Waals surface area contributed by atoms with Crippen molar-refractivity contribution in [1.29, 1.82) is 0 Å². The Hall–Kier alpha value is -4.07. The van der Waals surface area contributed by atoms with Crippen molar-refractivity contribution in [3.8, 4) is 22.9 Å². The van der Waals surface area contributed by atoms with E-state index in [2.05, 4.69) is 38.3 Å². The lowest BCUT2D eigenvalue weighted by molar-refractivity contribution is -0.192. The Morgan fingerprint density at radius 1 is 1.19 bits per heavy atom. The molecule has 2 aliphatic heterocycles. The van der Waals surface area contributed by atoms with Gasteiger partial charge in [0.25, 0.3) is 0 Å². The number of piperazine rings is 1. The monoisotopic (exact) mass is 590 g/mol. The van der Waals surface area contributed by atoms with Gasteiger partial charge in [0.05, 0.1) is 30.3 Å². The Kier molecular flexibility index (Phi) is 8.43. The largest absolute Gasteiger partial charge is 0.495 e. The quantitative estimate of drug-likeness (QED) is 0.379. The van der Waals surface area contributed by atoms with Crippen LogP contribution in [0.3, 0.4) is 0 Å². The zero-order valence-corrected chi connectivity index (χ0v) is 23.3. The summed E-state index contributed by atoms with van der Waals surface area (Å²) in [5, 5.41) is 13.4. The number of pyridine rings is 1. The topological polar surface area (TPSA) is 131 Å². The second kappa shape index (κ2) is 12.0. The molecule has 3 fully saturated rings. The number of amides is 1. The van der Waals surface area contributed by atoms with E-state index in [9.17, 15) is 18.0 Å². The molecule has 4 heterocycles. The van der Waals surface area contributed by atoms with Gasteiger partial charge in [0.1, 0.15) is 17.4 Å². The highest BCUT2D eigenvalue weighted by molar-refractivity contribution is 5.85. The summed E-state index contributed by atoms with van der Waals surface area (Å²) in [5.41, 5.74) is 4.66. The van der Waals surface area contributed by atoms with Crippen molar-refractivity contribution in [2.24, 2.45) is 5.92 Å². The summed E-state index contributed by atoms with van der Waals surface area (Å²) in [6, 6.07) is 8.76. The van der Waals surface area contributed by atoms with Crippen LogP contribution in [0.2, 0.25) is 0 Å². The number of carboxylic acid groups (broad SMARTS) is 1. The lowest BCUT2D eigenvalue weighted by atomic mass is 10.0. The fraction of sp³-hybridized carbons (Fsp3) is 0.500. The zero-order valence-electron chi connectivity index (χ0n) is 23.3. The minimum absolute atomic E-state index is 0.0806. The number of fused-ring (bicyclic) bond motifs is 1. The van der Waals surface area contributed by atoms with Crippen molar-refractivity contribution in [3.63, 3.8) is 0 Å². The number of nitrogens with one attached hydrogen (secondary N) is 2. The van der Waals surface area contributed by atoms with E-state index in [-0.39, 0.29) is 17.9 Å². The Labute approximate surface area is 240 Å². The fourth-order valence-corrected chi connectivity index (χ4v) is 5.12. The van der Waals surface area contributed by atoms with Gasteiger partial charge in [0, 0.05) is 56.7 Å². The van der Waals surface area contributed by atoms with Crippen molar-refractivity contribution in [3.05, 3.63) is 30.6 Å². The smallest absolute Gasteiger partial charge is 0.490 e. The summed E-state index contributed by atoms with van der Waals surface area (Å²) in [7, 11) is 1.71. The number of benzene rings is 1. The molecule has 0 unspecified atom stereocenters. The van der Waals surface area contributed by atoms with Gasteiger partial charge in [0.2, 0.25) is 11.8 Å². The van der Waals surface area contributed by atoms with Gasteiger partial charge in [-0.2, -0.15) is 13.2 Å². The Bertz CT molecular complexity index is 1450. The molecular formula is C28H33F3N6O5. The van der Waals surface area contributed by atoms with Crippen LogP contribution in [0.15, 0.2) is 30.6 Å². The van der Waals surface area contributed by atoms with Crippen molar-refractivity contribution in [1.82, 2.24) is 25.2 Å². The van der Waals surface area contributed by atoms with E-state index >= 15 is 0 Å². The Morgan fingerprint density at radius 3 is 2.50 bits per heavy atom. The highest BCUT2D eigenvalue weighted by atomic mass is 19.4. The van der Waals surface area contributed by atoms with Gasteiger partial charge in [0.15, 0.2) is 0 Å². The molecule has 1 saturated carbocycles. The molecule has 14 heteroatoms. The Morgan fingerprint density at radius 2 is 1.90 bits per heavy atom. The highest BCUT2D eigenvalue weighted by Gasteiger charge is 2.38. The first kappa shape index (κ1) is 29.4. The standard InChI is InChI=1S/C26H32N6O3.C2HF3O2/c1-16(18-12-24(33)28-14-18)35-26-25-21(29-15-32(25)19-4-5-19)13-20(30-26)17-3-6-22(23(11-17)34-2)31-9-7-27-8-10-31;3-2(4,5)1(6)7/h3,6,11,13,15-16,18-19,27H,4-5,7-10,12,14H2,1-2H3,(H,28,33);(H,6,7)/t16-,18-;/m1./s1. The number of ether oxygens (including phenoxy) is 2. The minimum Gasteiger partial charge on any atom is -0.495 e. The summed E-state index contributed by atoms with van der Waals surface area (Å²) < 4.78 is 46.2. The molecule has 42 heavy (non-hydrogen) atoms. The van der Waals surface area contributed by atoms with Crippen LogP contribution in [0.4, 0.5) is 18.9 Å². The van der Waals surface area contributed by atoms with E-state index < -0.39 is 12.1 Å². The molecule has 2 saturated heterocycles. The van der Waals surface area contributed by atoms with E-state index in [0.29, 0.717) is 24.9 Å². The number of nitrogens with zero attached hydrogens (tertiary/aromatic N) is 4. The van der Waals surface area contributed by atoms with Gasteiger partial charge < -0.3 is 34.7 Å². The summed E-state index contributed by atoms with van der Waals surface area (Å²) in [6.45, 7) is 6.49. The van der Waals surface area contributed by atoms with Crippen LogP contribution in [0.1, 0.15) is 32.2 Å². The van der Waals surface area contributed by atoms with Crippen LogP contribution in [-0.4, -0.2) is 83.6 Å². The number of hydrogen-bond donors (Lipinski definition) is 3. The fourth-order valence-electron chi connectivity index (χ4n) is 5.12. The van der Waals surface area contributed by atoms with Crippen LogP contribution < -0.4 is 25.0 Å². The van der Waals surface area contributed by atoms with Gasteiger partial charge >= 0.3 is 12.1 Å². The third kappa shape index (κ3) is 6.53.